The molecule has 17 heavy (non-hydrogen) atoms. The molecule has 0 heterocycles. The maximum atomic E-state index is 10.8. The molecule has 5 heteroatoms. The van der Waals surface area contributed by atoms with Crippen molar-refractivity contribution in [3.05, 3.63) is 30.3 Å². The first-order chi connectivity index (χ1) is 8.09. The molecule has 1 amide bonds. The second-order valence-electron chi connectivity index (χ2n) is 3.68. The minimum Gasteiger partial charge on any atom is -0.481 e. The Hall–Kier alpha value is -2.04. The monoisotopic (exact) mass is 236 g/mol. The molecule has 92 valence electrons. The number of amides is 1. The zero-order chi connectivity index (χ0) is 12.7. The number of hydrogen-bond donors (Lipinski definition) is 2. The highest BCUT2D eigenvalue weighted by molar-refractivity contribution is 5.74. The Morgan fingerprint density at radius 3 is 2.24 bits per heavy atom. The summed E-state index contributed by atoms with van der Waals surface area (Å²) in [5, 5.41) is 8.67. The van der Waals surface area contributed by atoms with Crippen molar-refractivity contribution >= 4 is 17.6 Å². The summed E-state index contributed by atoms with van der Waals surface area (Å²) < 4.78 is 0. The zero-order valence-corrected chi connectivity index (χ0v) is 9.50. The molecule has 3 N–H and O–H groups in total. The molecule has 5 nitrogen and oxygen atoms in total. The van der Waals surface area contributed by atoms with Gasteiger partial charge in [0.05, 0.1) is 6.42 Å². The van der Waals surface area contributed by atoms with Gasteiger partial charge in [-0.25, -0.2) is 0 Å². The SMILES string of the molecule is NC(=O)CCN(CCC(=O)O)c1ccccc1. The lowest BCUT2D eigenvalue weighted by Crippen LogP contribution is -2.30. The highest BCUT2D eigenvalue weighted by Gasteiger charge is 2.09. The molecule has 0 aliphatic heterocycles. The Morgan fingerprint density at radius 1 is 1.12 bits per heavy atom. The van der Waals surface area contributed by atoms with Crippen LogP contribution in [-0.2, 0) is 9.59 Å². The number of carboxylic acid groups (broad SMARTS) is 1. The number of hydrogen-bond acceptors (Lipinski definition) is 3. The number of rotatable bonds is 7. The van der Waals surface area contributed by atoms with Crippen LogP contribution in [0.1, 0.15) is 12.8 Å². The van der Waals surface area contributed by atoms with Crippen LogP contribution in [0.15, 0.2) is 30.3 Å². The quantitative estimate of drug-likeness (QED) is 0.735. The Kier molecular flexibility index (Phi) is 5.00. The van der Waals surface area contributed by atoms with Crippen molar-refractivity contribution in [2.24, 2.45) is 5.73 Å². The van der Waals surface area contributed by atoms with Crippen LogP contribution in [0.3, 0.4) is 0 Å². The third-order valence-corrected chi connectivity index (χ3v) is 2.35. The van der Waals surface area contributed by atoms with E-state index in [1.165, 1.54) is 0 Å². The minimum absolute atomic E-state index is 0.0354. The normalized spacial score (nSPS) is 9.88. The lowest BCUT2D eigenvalue weighted by molar-refractivity contribution is -0.136. The van der Waals surface area contributed by atoms with Crippen molar-refractivity contribution < 1.29 is 14.7 Å². The fourth-order valence-electron chi connectivity index (χ4n) is 1.48. The van der Waals surface area contributed by atoms with Crippen LogP contribution in [0.4, 0.5) is 5.69 Å². The van der Waals surface area contributed by atoms with Crippen molar-refractivity contribution in [2.75, 3.05) is 18.0 Å². The van der Waals surface area contributed by atoms with Gasteiger partial charge in [0.1, 0.15) is 0 Å². The molecule has 0 aromatic heterocycles. The smallest absolute Gasteiger partial charge is 0.305 e. The average molecular weight is 236 g/mol. The number of aliphatic carboxylic acids is 1. The predicted molar refractivity (Wildman–Crippen MR) is 64.7 cm³/mol. The first-order valence-electron chi connectivity index (χ1n) is 5.39. The summed E-state index contributed by atoms with van der Waals surface area (Å²) in [4.78, 5) is 23.2. The molecular weight excluding hydrogens is 220 g/mol. The third kappa shape index (κ3) is 5.01. The van der Waals surface area contributed by atoms with Crippen molar-refractivity contribution in [3.8, 4) is 0 Å². The summed E-state index contributed by atoms with van der Waals surface area (Å²) in [6.07, 6.45) is 0.252. The third-order valence-electron chi connectivity index (χ3n) is 2.35. The van der Waals surface area contributed by atoms with E-state index in [-0.39, 0.29) is 18.7 Å². The van der Waals surface area contributed by atoms with Crippen molar-refractivity contribution in [3.63, 3.8) is 0 Å². The van der Waals surface area contributed by atoms with E-state index < -0.39 is 5.97 Å². The molecular formula is C12H16N2O3. The zero-order valence-electron chi connectivity index (χ0n) is 9.50. The molecule has 0 unspecified atom stereocenters. The van der Waals surface area contributed by atoms with Gasteiger partial charge in [0, 0.05) is 25.2 Å². The van der Waals surface area contributed by atoms with Crippen LogP contribution >= 0.6 is 0 Å². The highest BCUT2D eigenvalue weighted by atomic mass is 16.4. The van der Waals surface area contributed by atoms with Gasteiger partial charge in [-0.3, -0.25) is 9.59 Å². The van der Waals surface area contributed by atoms with Crippen LogP contribution in [-0.4, -0.2) is 30.1 Å². The van der Waals surface area contributed by atoms with Crippen LogP contribution in [0.2, 0.25) is 0 Å². The van der Waals surface area contributed by atoms with Crippen molar-refractivity contribution in [2.45, 2.75) is 12.8 Å². The van der Waals surface area contributed by atoms with Gasteiger partial charge in [-0.2, -0.15) is 0 Å². The number of nitrogens with two attached hydrogens (primary N) is 1. The molecule has 0 aliphatic carbocycles. The Morgan fingerprint density at radius 2 is 1.71 bits per heavy atom. The highest BCUT2D eigenvalue weighted by Crippen LogP contribution is 2.13. The molecule has 0 radical (unpaired) electrons. The second kappa shape index (κ2) is 6.52. The van der Waals surface area contributed by atoms with E-state index in [9.17, 15) is 9.59 Å². The Labute approximate surface area is 99.8 Å². The average Bonchev–Trinajstić information content (AvgIpc) is 2.29. The fraction of sp³-hybridized carbons (Fsp3) is 0.333. The molecule has 0 saturated heterocycles. The van der Waals surface area contributed by atoms with Gasteiger partial charge in [-0.05, 0) is 12.1 Å². The molecule has 0 aliphatic rings. The summed E-state index contributed by atoms with van der Waals surface area (Å²) in [5.41, 5.74) is 5.99. The topological polar surface area (TPSA) is 83.6 Å². The van der Waals surface area contributed by atoms with Gasteiger partial charge in [0.25, 0.3) is 0 Å². The number of para-hydroxylation sites is 1. The standard InChI is InChI=1S/C12H16N2O3/c13-11(15)6-8-14(9-7-12(16)17)10-4-2-1-3-5-10/h1-5H,6-9H2,(H2,13,15)(H,16,17). The Balaban J connectivity index is 2.64. The van der Waals surface area contributed by atoms with Gasteiger partial charge >= 0.3 is 5.97 Å². The molecule has 1 aromatic carbocycles. The predicted octanol–water partition coefficient (Wildman–Crippen LogP) is 0.843. The number of primary amides is 1. The maximum absolute atomic E-state index is 10.8. The summed E-state index contributed by atoms with van der Waals surface area (Å²) in [6, 6.07) is 9.37. The summed E-state index contributed by atoms with van der Waals surface area (Å²) in [5.74, 6) is -1.24. The molecule has 1 aromatic rings. The van der Waals surface area contributed by atoms with Gasteiger partial charge in [0.2, 0.25) is 5.91 Å². The van der Waals surface area contributed by atoms with Gasteiger partial charge in [-0.15, -0.1) is 0 Å². The van der Waals surface area contributed by atoms with E-state index >= 15 is 0 Å². The summed E-state index contributed by atoms with van der Waals surface area (Å²) in [6.45, 7) is 0.805. The molecule has 1 rings (SSSR count). The number of carbonyl (C=O) groups excluding carboxylic acids is 1. The Bertz CT molecular complexity index is 361. The number of benzene rings is 1. The van der Waals surface area contributed by atoms with E-state index in [0.717, 1.165) is 5.69 Å². The molecule has 0 spiro atoms. The van der Waals surface area contributed by atoms with Crippen LogP contribution in [0.25, 0.3) is 0 Å². The molecule has 0 bridgehead atoms. The lowest BCUT2D eigenvalue weighted by Gasteiger charge is -2.23. The second-order valence-corrected chi connectivity index (χ2v) is 3.68. The van der Waals surface area contributed by atoms with E-state index in [1.807, 2.05) is 35.2 Å². The van der Waals surface area contributed by atoms with Crippen LogP contribution < -0.4 is 10.6 Å². The summed E-state index contributed by atoms with van der Waals surface area (Å²) >= 11 is 0. The van der Waals surface area contributed by atoms with Crippen LogP contribution in [0, 0.1) is 0 Å². The van der Waals surface area contributed by atoms with E-state index in [2.05, 4.69) is 0 Å². The van der Waals surface area contributed by atoms with Crippen molar-refractivity contribution in [1.82, 2.24) is 0 Å². The van der Waals surface area contributed by atoms with Gasteiger partial charge < -0.3 is 15.7 Å². The van der Waals surface area contributed by atoms with Gasteiger partial charge in [0.15, 0.2) is 0 Å². The van der Waals surface area contributed by atoms with Crippen molar-refractivity contribution in [1.29, 1.82) is 0 Å². The van der Waals surface area contributed by atoms with E-state index in [0.29, 0.717) is 13.1 Å². The maximum Gasteiger partial charge on any atom is 0.305 e. The molecule has 0 atom stereocenters. The van der Waals surface area contributed by atoms with E-state index in [4.69, 9.17) is 10.8 Å². The minimum atomic E-state index is -0.856. The number of carboxylic acids is 1. The molecule has 0 saturated carbocycles. The fourth-order valence-corrected chi connectivity index (χ4v) is 1.48. The first kappa shape index (κ1) is 13.0. The van der Waals surface area contributed by atoms with E-state index in [1.54, 1.807) is 0 Å². The first-order valence-corrected chi connectivity index (χ1v) is 5.39. The number of anilines is 1. The lowest BCUT2D eigenvalue weighted by atomic mass is 10.2. The number of nitrogens with zero attached hydrogens (tertiary/aromatic N) is 1. The number of carbonyl (C=O) groups is 2. The largest absolute Gasteiger partial charge is 0.481 e. The molecule has 0 fully saturated rings. The summed E-state index contributed by atoms with van der Waals surface area (Å²) in [7, 11) is 0. The van der Waals surface area contributed by atoms with Crippen LogP contribution in [0.5, 0.6) is 0 Å². The van der Waals surface area contributed by atoms with Gasteiger partial charge in [-0.1, -0.05) is 18.2 Å².